The van der Waals surface area contributed by atoms with Crippen LogP contribution < -0.4 is 10.5 Å². The molecule has 18 heavy (non-hydrogen) atoms. The molecule has 0 aromatic heterocycles. The molecule has 0 amide bonds. The van der Waals surface area contributed by atoms with Gasteiger partial charge in [-0.25, -0.2) is 0 Å². The highest BCUT2D eigenvalue weighted by Crippen LogP contribution is 2.33. The van der Waals surface area contributed by atoms with Gasteiger partial charge in [-0.3, -0.25) is 0 Å². The number of halogens is 1. The lowest BCUT2D eigenvalue weighted by molar-refractivity contribution is 0.0764. The summed E-state index contributed by atoms with van der Waals surface area (Å²) in [5, 5.41) is 0.740. The minimum absolute atomic E-state index is 0.275. The van der Waals surface area contributed by atoms with E-state index in [4.69, 9.17) is 26.8 Å². The summed E-state index contributed by atoms with van der Waals surface area (Å²) < 4.78 is 11.3. The summed E-state index contributed by atoms with van der Waals surface area (Å²) in [7, 11) is 0. The van der Waals surface area contributed by atoms with Gasteiger partial charge in [0.25, 0.3) is 0 Å². The summed E-state index contributed by atoms with van der Waals surface area (Å²) in [6.45, 7) is 5.81. The average Bonchev–Trinajstić information content (AvgIpc) is 2.76. The van der Waals surface area contributed by atoms with Crippen LogP contribution in [0.15, 0.2) is 12.1 Å². The van der Waals surface area contributed by atoms with E-state index >= 15 is 0 Å². The van der Waals surface area contributed by atoms with E-state index in [1.54, 1.807) is 0 Å². The molecule has 1 atom stereocenters. The van der Waals surface area contributed by atoms with Crippen molar-refractivity contribution in [3.8, 4) is 5.75 Å². The molecule has 0 spiro atoms. The van der Waals surface area contributed by atoms with Gasteiger partial charge in [-0.05, 0) is 31.0 Å². The SMILES string of the molecule is CCC(C)(N)COCc1cc(Cl)cc2c1OCC2. The summed E-state index contributed by atoms with van der Waals surface area (Å²) in [5.74, 6) is 0.939. The van der Waals surface area contributed by atoms with Gasteiger partial charge in [0.2, 0.25) is 0 Å². The molecule has 2 N–H and O–H groups in total. The van der Waals surface area contributed by atoms with E-state index in [-0.39, 0.29) is 5.54 Å². The second kappa shape index (κ2) is 5.47. The Balaban J connectivity index is 2.02. The van der Waals surface area contributed by atoms with E-state index in [2.05, 4.69) is 6.92 Å². The maximum atomic E-state index is 6.09. The van der Waals surface area contributed by atoms with Crippen molar-refractivity contribution in [2.24, 2.45) is 5.73 Å². The first kappa shape index (κ1) is 13.7. The molecule has 0 fully saturated rings. The Bertz CT molecular complexity index is 432. The van der Waals surface area contributed by atoms with Crippen LogP contribution in [-0.2, 0) is 17.8 Å². The maximum Gasteiger partial charge on any atom is 0.128 e. The van der Waals surface area contributed by atoms with Gasteiger partial charge in [-0.1, -0.05) is 18.5 Å². The number of benzene rings is 1. The van der Waals surface area contributed by atoms with Crippen LogP contribution >= 0.6 is 11.6 Å². The van der Waals surface area contributed by atoms with Crippen molar-refractivity contribution in [2.45, 2.75) is 38.8 Å². The van der Waals surface area contributed by atoms with Gasteiger partial charge < -0.3 is 15.2 Å². The quantitative estimate of drug-likeness (QED) is 0.894. The van der Waals surface area contributed by atoms with Crippen LogP contribution in [-0.4, -0.2) is 18.8 Å². The Kier molecular flexibility index (Phi) is 4.15. The minimum atomic E-state index is -0.275. The Morgan fingerprint density at radius 2 is 2.28 bits per heavy atom. The molecular weight excluding hydrogens is 250 g/mol. The van der Waals surface area contributed by atoms with E-state index in [9.17, 15) is 0 Å². The number of ether oxygens (including phenoxy) is 2. The Labute approximate surface area is 113 Å². The van der Waals surface area contributed by atoms with Crippen molar-refractivity contribution < 1.29 is 9.47 Å². The second-order valence-electron chi connectivity index (χ2n) is 5.15. The first-order valence-electron chi connectivity index (χ1n) is 6.32. The Morgan fingerprint density at radius 1 is 1.50 bits per heavy atom. The molecule has 1 aliphatic heterocycles. The Morgan fingerprint density at radius 3 is 3.00 bits per heavy atom. The summed E-state index contributed by atoms with van der Waals surface area (Å²) in [4.78, 5) is 0. The van der Waals surface area contributed by atoms with Crippen molar-refractivity contribution in [2.75, 3.05) is 13.2 Å². The first-order chi connectivity index (χ1) is 8.52. The lowest BCUT2D eigenvalue weighted by Crippen LogP contribution is -2.40. The molecule has 0 bridgehead atoms. The van der Waals surface area contributed by atoms with Gasteiger partial charge >= 0.3 is 0 Å². The van der Waals surface area contributed by atoms with Crippen LogP contribution in [0.1, 0.15) is 31.4 Å². The van der Waals surface area contributed by atoms with Crippen LogP contribution in [0.25, 0.3) is 0 Å². The molecule has 1 aliphatic rings. The molecule has 100 valence electrons. The molecule has 0 saturated heterocycles. The predicted molar refractivity (Wildman–Crippen MR) is 73.2 cm³/mol. The molecule has 3 nitrogen and oxygen atoms in total. The molecule has 1 heterocycles. The van der Waals surface area contributed by atoms with Crippen LogP contribution in [0.3, 0.4) is 0 Å². The minimum Gasteiger partial charge on any atom is -0.493 e. The Hall–Kier alpha value is -0.770. The lowest BCUT2D eigenvalue weighted by Gasteiger charge is -2.22. The largest absolute Gasteiger partial charge is 0.493 e. The smallest absolute Gasteiger partial charge is 0.128 e. The van der Waals surface area contributed by atoms with Crippen LogP contribution in [0.4, 0.5) is 0 Å². The van der Waals surface area contributed by atoms with Gasteiger partial charge in [-0.2, -0.15) is 0 Å². The van der Waals surface area contributed by atoms with Crippen molar-refractivity contribution in [1.82, 2.24) is 0 Å². The highest BCUT2D eigenvalue weighted by molar-refractivity contribution is 6.30. The summed E-state index contributed by atoms with van der Waals surface area (Å²) in [6.07, 6.45) is 1.81. The normalized spacial score (nSPS) is 17.1. The standard InChI is InChI=1S/C14H20ClNO2/c1-3-14(2,16)9-17-8-11-7-12(15)6-10-4-5-18-13(10)11/h6-7H,3-5,8-9,16H2,1-2H3. The number of fused-ring (bicyclic) bond motifs is 1. The van der Waals surface area contributed by atoms with Crippen LogP contribution in [0.5, 0.6) is 5.75 Å². The van der Waals surface area contributed by atoms with Crippen molar-refractivity contribution >= 4 is 11.6 Å². The van der Waals surface area contributed by atoms with Crippen LogP contribution in [0.2, 0.25) is 5.02 Å². The molecular formula is C14H20ClNO2. The zero-order valence-corrected chi connectivity index (χ0v) is 11.7. The zero-order chi connectivity index (χ0) is 13.2. The van der Waals surface area contributed by atoms with E-state index in [1.807, 2.05) is 19.1 Å². The summed E-state index contributed by atoms with van der Waals surface area (Å²) >= 11 is 6.09. The fraction of sp³-hybridized carbons (Fsp3) is 0.571. The highest BCUT2D eigenvalue weighted by Gasteiger charge is 2.19. The van der Waals surface area contributed by atoms with Crippen molar-refractivity contribution in [3.05, 3.63) is 28.3 Å². The predicted octanol–water partition coefficient (Wildman–Crippen LogP) is 2.92. The van der Waals surface area contributed by atoms with Crippen molar-refractivity contribution in [1.29, 1.82) is 0 Å². The fourth-order valence-electron chi connectivity index (χ4n) is 1.95. The van der Waals surface area contributed by atoms with Gasteiger partial charge in [0.05, 0.1) is 19.8 Å². The third kappa shape index (κ3) is 3.16. The number of rotatable bonds is 5. The van der Waals surface area contributed by atoms with Crippen molar-refractivity contribution in [3.63, 3.8) is 0 Å². The van der Waals surface area contributed by atoms with E-state index < -0.39 is 0 Å². The monoisotopic (exact) mass is 269 g/mol. The molecule has 1 aromatic rings. The zero-order valence-electron chi connectivity index (χ0n) is 11.0. The fourth-order valence-corrected chi connectivity index (χ4v) is 2.21. The van der Waals surface area contributed by atoms with Crippen LogP contribution in [0, 0.1) is 0 Å². The van der Waals surface area contributed by atoms with Gasteiger partial charge in [-0.15, -0.1) is 0 Å². The third-order valence-electron chi connectivity index (χ3n) is 3.32. The maximum absolute atomic E-state index is 6.09. The highest BCUT2D eigenvalue weighted by atomic mass is 35.5. The molecule has 1 unspecified atom stereocenters. The van der Waals surface area contributed by atoms with Gasteiger partial charge in [0.15, 0.2) is 0 Å². The van der Waals surface area contributed by atoms with E-state index in [0.29, 0.717) is 13.2 Å². The molecule has 2 rings (SSSR count). The average molecular weight is 270 g/mol. The molecule has 0 radical (unpaired) electrons. The third-order valence-corrected chi connectivity index (χ3v) is 3.54. The van der Waals surface area contributed by atoms with Gasteiger partial charge in [0.1, 0.15) is 5.75 Å². The summed E-state index contributed by atoms with van der Waals surface area (Å²) in [6, 6.07) is 3.87. The lowest BCUT2D eigenvalue weighted by atomic mass is 10.0. The number of nitrogens with two attached hydrogens (primary N) is 1. The number of hydrogen-bond donors (Lipinski definition) is 1. The second-order valence-corrected chi connectivity index (χ2v) is 5.59. The first-order valence-corrected chi connectivity index (χ1v) is 6.70. The molecule has 4 heteroatoms. The topological polar surface area (TPSA) is 44.5 Å². The molecule has 0 saturated carbocycles. The molecule has 0 aliphatic carbocycles. The van der Waals surface area contributed by atoms with E-state index in [1.165, 1.54) is 5.56 Å². The molecule has 1 aromatic carbocycles. The van der Waals surface area contributed by atoms with Gasteiger partial charge in [0, 0.05) is 22.5 Å². The van der Waals surface area contributed by atoms with E-state index in [0.717, 1.165) is 35.8 Å². The summed E-state index contributed by atoms with van der Waals surface area (Å²) in [5.41, 5.74) is 7.95. The number of hydrogen-bond acceptors (Lipinski definition) is 3.